The normalized spacial score (nSPS) is 25.9. The second kappa shape index (κ2) is 2.34. The van der Waals surface area contributed by atoms with Crippen LogP contribution in [0.4, 0.5) is 0 Å². The van der Waals surface area contributed by atoms with Crippen molar-refractivity contribution in [2.75, 3.05) is 0 Å². The molecule has 14 heavy (non-hydrogen) atoms. The maximum absolute atomic E-state index is 6.32. The number of aromatic nitrogens is 2. The van der Waals surface area contributed by atoms with E-state index in [2.05, 4.69) is 9.97 Å². The van der Waals surface area contributed by atoms with E-state index >= 15 is 0 Å². The van der Waals surface area contributed by atoms with Gasteiger partial charge in [0.15, 0.2) is 0 Å². The van der Waals surface area contributed by atoms with Gasteiger partial charge in [0.05, 0.1) is 11.4 Å². The van der Waals surface area contributed by atoms with Crippen molar-refractivity contribution in [2.45, 2.75) is 43.6 Å². The average molecular weight is 189 g/mol. The Bertz CT molecular complexity index is 378. The molecular weight excluding hydrogens is 174 g/mol. The Kier molecular flexibility index (Phi) is 1.40. The van der Waals surface area contributed by atoms with E-state index in [4.69, 9.17) is 5.73 Å². The Morgan fingerprint density at radius 1 is 1.14 bits per heavy atom. The summed E-state index contributed by atoms with van der Waals surface area (Å²) < 4.78 is 0. The van der Waals surface area contributed by atoms with Crippen LogP contribution < -0.4 is 5.73 Å². The number of hydrogen-bond acceptors (Lipinski definition) is 3. The van der Waals surface area contributed by atoms with Gasteiger partial charge in [-0.25, -0.2) is 0 Å². The zero-order valence-corrected chi connectivity index (χ0v) is 8.45. The molecule has 2 aliphatic rings. The standard InChI is InChI=1S/C11H15N3/c1-8-9(14-7-6-13-8)10(2-3-10)11(12)4-5-11/h6-7H,2-5,12H2,1H3. The molecule has 0 amide bonds. The third-order valence-electron chi connectivity index (χ3n) is 3.83. The fourth-order valence-electron chi connectivity index (χ4n) is 2.59. The van der Waals surface area contributed by atoms with Crippen LogP contribution in [0, 0.1) is 6.92 Å². The zero-order chi connectivity index (χ0) is 9.81. The largest absolute Gasteiger partial charge is 0.324 e. The van der Waals surface area contributed by atoms with Crippen molar-refractivity contribution < 1.29 is 0 Å². The van der Waals surface area contributed by atoms with E-state index in [0.29, 0.717) is 0 Å². The Morgan fingerprint density at radius 3 is 2.29 bits per heavy atom. The first kappa shape index (κ1) is 8.36. The van der Waals surface area contributed by atoms with Gasteiger partial charge in [-0.05, 0) is 32.6 Å². The maximum Gasteiger partial charge on any atom is 0.0695 e. The molecule has 0 spiro atoms. The number of aryl methyl sites for hydroxylation is 1. The molecule has 0 radical (unpaired) electrons. The highest BCUT2D eigenvalue weighted by Crippen LogP contribution is 2.63. The van der Waals surface area contributed by atoms with Gasteiger partial charge in [0.25, 0.3) is 0 Å². The number of rotatable bonds is 2. The lowest BCUT2D eigenvalue weighted by Gasteiger charge is -2.23. The highest BCUT2D eigenvalue weighted by Gasteiger charge is 2.65. The second-order valence-electron chi connectivity index (χ2n) is 4.73. The molecular formula is C11H15N3. The first-order valence-corrected chi connectivity index (χ1v) is 5.25. The maximum atomic E-state index is 6.32. The molecule has 3 rings (SSSR count). The summed E-state index contributed by atoms with van der Waals surface area (Å²) in [4.78, 5) is 8.79. The van der Waals surface area contributed by atoms with Gasteiger partial charge in [-0.15, -0.1) is 0 Å². The molecule has 2 saturated carbocycles. The molecule has 2 fully saturated rings. The molecule has 0 saturated heterocycles. The van der Waals surface area contributed by atoms with Crippen LogP contribution >= 0.6 is 0 Å². The Balaban J connectivity index is 2.07. The topological polar surface area (TPSA) is 51.8 Å². The number of nitrogens with two attached hydrogens (primary N) is 1. The molecule has 1 heterocycles. The van der Waals surface area contributed by atoms with Crippen molar-refractivity contribution in [1.82, 2.24) is 9.97 Å². The summed E-state index contributed by atoms with van der Waals surface area (Å²) in [5.41, 5.74) is 8.77. The summed E-state index contributed by atoms with van der Waals surface area (Å²) in [6, 6.07) is 0. The molecule has 74 valence electrons. The second-order valence-corrected chi connectivity index (χ2v) is 4.73. The van der Waals surface area contributed by atoms with Crippen molar-refractivity contribution in [2.24, 2.45) is 5.73 Å². The summed E-state index contributed by atoms with van der Waals surface area (Å²) >= 11 is 0. The first-order chi connectivity index (χ1) is 6.68. The molecule has 0 atom stereocenters. The third kappa shape index (κ3) is 0.906. The summed E-state index contributed by atoms with van der Waals surface area (Å²) in [5, 5.41) is 0. The molecule has 0 aliphatic heterocycles. The van der Waals surface area contributed by atoms with E-state index in [1.807, 2.05) is 6.92 Å². The highest BCUT2D eigenvalue weighted by atomic mass is 15.0. The van der Waals surface area contributed by atoms with Crippen LogP contribution in [-0.4, -0.2) is 15.5 Å². The quantitative estimate of drug-likeness (QED) is 0.763. The fraction of sp³-hybridized carbons (Fsp3) is 0.636. The van der Waals surface area contributed by atoms with Gasteiger partial charge in [0, 0.05) is 23.3 Å². The van der Waals surface area contributed by atoms with Crippen molar-refractivity contribution in [1.29, 1.82) is 0 Å². The van der Waals surface area contributed by atoms with E-state index in [1.165, 1.54) is 12.8 Å². The molecule has 0 aromatic carbocycles. The van der Waals surface area contributed by atoms with Gasteiger partial charge in [-0.1, -0.05) is 0 Å². The molecule has 0 unspecified atom stereocenters. The van der Waals surface area contributed by atoms with Crippen molar-refractivity contribution >= 4 is 0 Å². The minimum atomic E-state index is 0.0494. The van der Waals surface area contributed by atoms with Crippen LogP contribution in [0.15, 0.2) is 12.4 Å². The SMILES string of the molecule is Cc1nccnc1C1(C2(N)CC2)CC1. The summed E-state index contributed by atoms with van der Waals surface area (Å²) in [6.07, 6.45) is 8.25. The number of hydrogen-bond donors (Lipinski definition) is 1. The smallest absolute Gasteiger partial charge is 0.0695 e. The van der Waals surface area contributed by atoms with Gasteiger partial charge in [0.1, 0.15) is 0 Å². The highest BCUT2D eigenvalue weighted by molar-refractivity contribution is 5.38. The minimum Gasteiger partial charge on any atom is -0.324 e. The molecule has 2 aliphatic carbocycles. The van der Waals surface area contributed by atoms with Gasteiger partial charge in [0.2, 0.25) is 0 Å². The van der Waals surface area contributed by atoms with Crippen LogP contribution in [0.25, 0.3) is 0 Å². The molecule has 1 aromatic heterocycles. The Morgan fingerprint density at radius 2 is 1.79 bits per heavy atom. The predicted octanol–water partition coefficient (Wildman–Crippen LogP) is 1.31. The van der Waals surface area contributed by atoms with Crippen LogP contribution in [0.2, 0.25) is 0 Å². The van der Waals surface area contributed by atoms with E-state index in [0.717, 1.165) is 24.2 Å². The zero-order valence-electron chi connectivity index (χ0n) is 8.45. The van der Waals surface area contributed by atoms with Crippen molar-refractivity contribution in [3.63, 3.8) is 0 Å². The fourth-order valence-corrected chi connectivity index (χ4v) is 2.59. The summed E-state index contributed by atoms with van der Waals surface area (Å²) in [5.74, 6) is 0. The van der Waals surface area contributed by atoms with Crippen molar-refractivity contribution in [3.05, 3.63) is 23.8 Å². The van der Waals surface area contributed by atoms with Crippen LogP contribution in [-0.2, 0) is 5.41 Å². The lowest BCUT2D eigenvalue weighted by Crippen LogP contribution is -2.38. The Labute approximate surface area is 83.8 Å². The van der Waals surface area contributed by atoms with Crippen molar-refractivity contribution in [3.8, 4) is 0 Å². The van der Waals surface area contributed by atoms with Crippen LogP contribution in [0.1, 0.15) is 37.1 Å². The first-order valence-electron chi connectivity index (χ1n) is 5.25. The summed E-state index contributed by atoms with van der Waals surface area (Å²) in [7, 11) is 0. The minimum absolute atomic E-state index is 0.0494. The third-order valence-corrected chi connectivity index (χ3v) is 3.83. The van der Waals surface area contributed by atoms with E-state index in [-0.39, 0.29) is 11.0 Å². The predicted molar refractivity (Wildman–Crippen MR) is 53.8 cm³/mol. The van der Waals surface area contributed by atoms with E-state index in [9.17, 15) is 0 Å². The van der Waals surface area contributed by atoms with Gasteiger partial charge in [-0.3, -0.25) is 9.97 Å². The lowest BCUT2D eigenvalue weighted by atomic mass is 9.89. The van der Waals surface area contributed by atoms with Gasteiger partial charge in [-0.2, -0.15) is 0 Å². The molecule has 3 heteroatoms. The Hall–Kier alpha value is -0.960. The number of nitrogens with zero attached hydrogens (tertiary/aromatic N) is 2. The summed E-state index contributed by atoms with van der Waals surface area (Å²) in [6.45, 7) is 2.04. The molecule has 3 nitrogen and oxygen atoms in total. The monoisotopic (exact) mass is 189 g/mol. The van der Waals surface area contributed by atoms with Crippen LogP contribution in [0.3, 0.4) is 0 Å². The molecule has 0 bridgehead atoms. The van der Waals surface area contributed by atoms with Crippen LogP contribution in [0.5, 0.6) is 0 Å². The molecule has 1 aromatic rings. The van der Waals surface area contributed by atoms with Gasteiger partial charge >= 0.3 is 0 Å². The van der Waals surface area contributed by atoms with E-state index < -0.39 is 0 Å². The van der Waals surface area contributed by atoms with E-state index in [1.54, 1.807) is 12.4 Å². The lowest BCUT2D eigenvalue weighted by molar-refractivity contribution is 0.486. The van der Waals surface area contributed by atoms with Gasteiger partial charge < -0.3 is 5.73 Å². The average Bonchev–Trinajstić information content (AvgIpc) is 3.01. The molecule has 2 N–H and O–H groups in total.